The van der Waals surface area contributed by atoms with Crippen molar-refractivity contribution in [2.45, 2.75) is 0 Å². The van der Waals surface area contributed by atoms with Crippen molar-refractivity contribution in [1.82, 2.24) is 4.90 Å². The molecule has 0 N–H and O–H groups in total. The van der Waals surface area contributed by atoms with Gasteiger partial charge in [-0.3, -0.25) is 4.99 Å². The van der Waals surface area contributed by atoms with E-state index in [1.54, 1.807) is 14.2 Å². The maximum Gasteiger partial charge on any atom is 0.186 e. The standard InChI is InChI=1S/C5H12N2OS/c1-6-5(7(2)3)9-8-4/h1-4H3. The second-order valence-corrected chi connectivity index (χ2v) is 2.52. The summed E-state index contributed by atoms with van der Waals surface area (Å²) in [4.78, 5) is 5.85. The third-order valence-electron chi connectivity index (χ3n) is 0.732. The number of amidine groups is 1. The molecule has 54 valence electrons. The van der Waals surface area contributed by atoms with Crippen LogP contribution in [0.15, 0.2) is 4.99 Å². The van der Waals surface area contributed by atoms with Gasteiger partial charge in [0.05, 0.1) is 19.2 Å². The van der Waals surface area contributed by atoms with Gasteiger partial charge in [-0.2, -0.15) is 0 Å². The first-order valence-corrected chi connectivity index (χ1v) is 3.31. The van der Waals surface area contributed by atoms with Crippen molar-refractivity contribution in [2.24, 2.45) is 4.99 Å². The Morgan fingerprint density at radius 2 is 2.11 bits per heavy atom. The predicted octanol–water partition coefficient (Wildman–Crippen LogP) is 0.828. The van der Waals surface area contributed by atoms with E-state index in [0.29, 0.717) is 0 Å². The van der Waals surface area contributed by atoms with Gasteiger partial charge < -0.3 is 9.08 Å². The molecule has 0 atom stereocenters. The molecule has 0 aromatic carbocycles. The lowest BCUT2D eigenvalue weighted by Gasteiger charge is -2.11. The fraction of sp³-hybridized carbons (Fsp3) is 0.800. The van der Waals surface area contributed by atoms with Gasteiger partial charge in [-0.1, -0.05) is 0 Å². The molecule has 0 saturated heterocycles. The fourth-order valence-corrected chi connectivity index (χ4v) is 0.759. The van der Waals surface area contributed by atoms with Crippen LogP contribution in [0.5, 0.6) is 0 Å². The minimum atomic E-state index is 0.873. The third kappa shape index (κ3) is 3.37. The van der Waals surface area contributed by atoms with Crippen LogP contribution in [-0.4, -0.2) is 38.3 Å². The molecule has 0 spiro atoms. The molecule has 0 aromatic rings. The summed E-state index contributed by atoms with van der Waals surface area (Å²) in [6, 6.07) is 0. The second-order valence-electron chi connectivity index (χ2n) is 1.65. The van der Waals surface area contributed by atoms with Gasteiger partial charge in [-0.25, -0.2) is 0 Å². The molecular weight excluding hydrogens is 136 g/mol. The maximum atomic E-state index is 4.80. The SMILES string of the molecule is CN=C(SOC)N(C)C. The maximum absolute atomic E-state index is 4.80. The van der Waals surface area contributed by atoms with Crippen LogP contribution >= 0.6 is 12.0 Å². The van der Waals surface area contributed by atoms with E-state index >= 15 is 0 Å². The summed E-state index contributed by atoms with van der Waals surface area (Å²) < 4.78 is 4.80. The van der Waals surface area contributed by atoms with Gasteiger partial charge in [0, 0.05) is 21.1 Å². The third-order valence-corrected chi connectivity index (χ3v) is 1.60. The van der Waals surface area contributed by atoms with E-state index in [1.807, 2.05) is 19.0 Å². The van der Waals surface area contributed by atoms with Crippen molar-refractivity contribution < 1.29 is 4.18 Å². The van der Waals surface area contributed by atoms with Gasteiger partial charge in [0.2, 0.25) is 0 Å². The summed E-state index contributed by atoms with van der Waals surface area (Å²) in [6.07, 6.45) is 0. The lowest BCUT2D eigenvalue weighted by molar-refractivity contribution is 0.492. The van der Waals surface area contributed by atoms with E-state index in [-0.39, 0.29) is 0 Å². The minimum absolute atomic E-state index is 0.873. The zero-order valence-electron chi connectivity index (χ0n) is 6.21. The van der Waals surface area contributed by atoms with Crippen LogP contribution in [0.2, 0.25) is 0 Å². The molecule has 4 heteroatoms. The van der Waals surface area contributed by atoms with E-state index in [9.17, 15) is 0 Å². The number of hydrogen-bond acceptors (Lipinski definition) is 3. The zero-order chi connectivity index (χ0) is 7.28. The zero-order valence-corrected chi connectivity index (χ0v) is 7.03. The Morgan fingerprint density at radius 3 is 2.22 bits per heavy atom. The second kappa shape index (κ2) is 4.64. The number of hydrogen-bond donors (Lipinski definition) is 0. The average Bonchev–Trinajstić information content (AvgIpc) is 1.82. The molecule has 0 aliphatic rings. The molecule has 0 heterocycles. The molecule has 0 aromatic heterocycles. The highest BCUT2D eigenvalue weighted by Crippen LogP contribution is 2.04. The Labute approximate surface area is 60.3 Å². The first kappa shape index (κ1) is 8.78. The Hall–Kier alpha value is -0.220. The first-order chi connectivity index (χ1) is 4.22. The Morgan fingerprint density at radius 1 is 1.56 bits per heavy atom. The smallest absolute Gasteiger partial charge is 0.186 e. The normalized spacial score (nSPS) is 11.8. The summed E-state index contributed by atoms with van der Waals surface area (Å²) in [6.45, 7) is 0. The van der Waals surface area contributed by atoms with Crippen molar-refractivity contribution in [3.05, 3.63) is 0 Å². The number of rotatable bonds is 1. The lowest BCUT2D eigenvalue weighted by atomic mass is 10.9. The van der Waals surface area contributed by atoms with Gasteiger partial charge in [0.1, 0.15) is 0 Å². The van der Waals surface area contributed by atoms with Crippen molar-refractivity contribution in [3.63, 3.8) is 0 Å². The average molecular weight is 148 g/mol. The van der Waals surface area contributed by atoms with Crippen LogP contribution < -0.4 is 0 Å². The summed E-state index contributed by atoms with van der Waals surface area (Å²) in [5.41, 5.74) is 0. The van der Waals surface area contributed by atoms with E-state index in [0.717, 1.165) is 5.17 Å². The topological polar surface area (TPSA) is 24.8 Å². The van der Waals surface area contributed by atoms with Crippen molar-refractivity contribution >= 4 is 17.2 Å². The van der Waals surface area contributed by atoms with E-state index in [4.69, 9.17) is 4.18 Å². The number of aliphatic imine (C=N–C) groups is 1. The lowest BCUT2D eigenvalue weighted by Crippen LogP contribution is -2.18. The molecule has 0 fully saturated rings. The summed E-state index contributed by atoms with van der Waals surface area (Å²) in [5, 5.41) is 0.873. The van der Waals surface area contributed by atoms with Gasteiger partial charge in [0.25, 0.3) is 0 Å². The van der Waals surface area contributed by atoms with E-state index in [1.165, 1.54) is 12.0 Å². The molecule has 9 heavy (non-hydrogen) atoms. The van der Waals surface area contributed by atoms with Crippen molar-refractivity contribution in [1.29, 1.82) is 0 Å². The van der Waals surface area contributed by atoms with Gasteiger partial charge >= 0.3 is 0 Å². The van der Waals surface area contributed by atoms with Gasteiger partial charge in [-0.05, 0) is 0 Å². The van der Waals surface area contributed by atoms with Crippen molar-refractivity contribution in [2.75, 3.05) is 28.3 Å². The highest BCUT2D eigenvalue weighted by atomic mass is 32.2. The molecule has 0 saturated carbocycles. The molecule has 3 nitrogen and oxygen atoms in total. The highest BCUT2D eigenvalue weighted by Gasteiger charge is 1.98. The molecular formula is C5H12N2OS. The summed E-state index contributed by atoms with van der Waals surface area (Å²) in [5.74, 6) is 0. The largest absolute Gasteiger partial charge is 0.356 e. The van der Waals surface area contributed by atoms with Gasteiger partial charge in [0.15, 0.2) is 5.17 Å². The molecule has 0 radical (unpaired) electrons. The van der Waals surface area contributed by atoms with Crippen LogP contribution in [0, 0.1) is 0 Å². The monoisotopic (exact) mass is 148 g/mol. The Kier molecular flexibility index (Phi) is 4.53. The molecule has 0 rings (SSSR count). The predicted molar refractivity (Wildman–Crippen MR) is 41.6 cm³/mol. The van der Waals surface area contributed by atoms with Crippen LogP contribution in [0.25, 0.3) is 0 Å². The Balaban J connectivity index is 3.70. The van der Waals surface area contributed by atoms with Crippen LogP contribution in [-0.2, 0) is 4.18 Å². The first-order valence-electron chi connectivity index (χ1n) is 2.57. The van der Waals surface area contributed by atoms with Crippen molar-refractivity contribution in [3.8, 4) is 0 Å². The highest BCUT2D eigenvalue weighted by molar-refractivity contribution is 8.09. The minimum Gasteiger partial charge on any atom is -0.356 e. The molecule has 0 amide bonds. The molecule has 0 aliphatic heterocycles. The summed E-state index contributed by atoms with van der Waals surface area (Å²) >= 11 is 1.26. The number of nitrogens with zero attached hydrogens (tertiary/aromatic N) is 2. The van der Waals surface area contributed by atoms with Crippen LogP contribution in [0.4, 0.5) is 0 Å². The Bertz CT molecular complexity index is 103. The van der Waals surface area contributed by atoms with Crippen LogP contribution in [0.1, 0.15) is 0 Å². The van der Waals surface area contributed by atoms with Crippen LogP contribution in [0.3, 0.4) is 0 Å². The summed E-state index contributed by atoms with van der Waals surface area (Å²) in [7, 11) is 7.21. The van der Waals surface area contributed by atoms with E-state index in [2.05, 4.69) is 4.99 Å². The molecule has 0 unspecified atom stereocenters. The fourth-order valence-electron chi connectivity index (χ4n) is 0.386. The van der Waals surface area contributed by atoms with E-state index < -0.39 is 0 Å². The molecule has 0 aliphatic carbocycles. The molecule has 0 bridgehead atoms. The quantitative estimate of drug-likeness (QED) is 0.313. The van der Waals surface area contributed by atoms with Gasteiger partial charge in [-0.15, -0.1) is 0 Å².